The molecule has 28 heavy (non-hydrogen) atoms. The number of non-ortho nitro benzene ring substituents is 1. The van der Waals surface area contributed by atoms with E-state index in [-0.39, 0.29) is 23.0 Å². The first kappa shape index (κ1) is 22.3. The fourth-order valence-electron chi connectivity index (χ4n) is 3.34. The molecule has 1 aliphatic rings. The second-order valence-corrected chi connectivity index (χ2v) is 8.59. The van der Waals surface area contributed by atoms with Gasteiger partial charge in [0.05, 0.1) is 9.82 Å². The number of nitrogens with zero attached hydrogens (tertiary/aromatic N) is 3. The number of carbonyl (C=O) groups is 1. The van der Waals surface area contributed by atoms with Gasteiger partial charge in [-0.1, -0.05) is 26.3 Å². The predicted molar refractivity (Wildman–Crippen MR) is 105 cm³/mol. The number of rotatable bonds is 9. The van der Waals surface area contributed by atoms with E-state index in [4.69, 9.17) is 0 Å². The molecule has 0 unspecified atom stereocenters. The van der Waals surface area contributed by atoms with Gasteiger partial charge in [-0.05, 0) is 32.0 Å². The molecule has 9 nitrogen and oxygen atoms in total. The van der Waals surface area contributed by atoms with Gasteiger partial charge < -0.3 is 10.2 Å². The van der Waals surface area contributed by atoms with Gasteiger partial charge in [-0.3, -0.25) is 14.9 Å². The van der Waals surface area contributed by atoms with Gasteiger partial charge in [0.1, 0.15) is 6.04 Å². The normalized spacial score (nSPS) is 18.2. The number of sulfonamides is 1. The Balaban J connectivity index is 2.16. The minimum Gasteiger partial charge on any atom is -0.353 e. The van der Waals surface area contributed by atoms with Gasteiger partial charge in [0.15, 0.2) is 0 Å². The number of likely N-dealkylation sites (N-methyl/N-ethyl adjacent to an activating group) is 1. The molecule has 2 rings (SSSR count). The molecule has 1 fully saturated rings. The van der Waals surface area contributed by atoms with E-state index in [0.717, 1.165) is 25.6 Å². The van der Waals surface area contributed by atoms with Crippen LogP contribution in [0.2, 0.25) is 0 Å². The minimum absolute atomic E-state index is 0.162. The summed E-state index contributed by atoms with van der Waals surface area (Å²) in [6, 6.07) is 4.15. The van der Waals surface area contributed by atoms with Gasteiger partial charge in [-0.2, -0.15) is 4.31 Å². The Morgan fingerprint density at radius 1 is 1.32 bits per heavy atom. The molecular formula is C18H28N4O5S. The second-order valence-electron chi connectivity index (χ2n) is 6.70. The highest BCUT2D eigenvalue weighted by Crippen LogP contribution is 2.27. The number of nitro benzene ring substituents is 1. The van der Waals surface area contributed by atoms with Gasteiger partial charge >= 0.3 is 0 Å². The number of carbonyl (C=O) groups excluding carboxylic acids is 1. The molecule has 0 aliphatic carbocycles. The van der Waals surface area contributed by atoms with Crippen molar-refractivity contribution in [3.63, 3.8) is 0 Å². The van der Waals surface area contributed by atoms with Crippen LogP contribution in [0.4, 0.5) is 5.69 Å². The average molecular weight is 413 g/mol. The van der Waals surface area contributed by atoms with E-state index in [0.29, 0.717) is 25.9 Å². The van der Waals surface area contributed by atoms with Crippen LogP contribution in [0.15, 0.2) is 29.2 Å². The van der Waals surface area contributed by atoms with Gasteiger partial charge in [-0.25, -0.2) is 8.42 Å². The highest BCUT2D eigenvalue weighted by molar-refractivity contribution is 7.89. The monoisotopic (exact) mass is 412 g/mol. The lowest BCUT2D eigenvalue weighted by atomic mass is 10.0. The van der Waals surface area contributed by atoms with Crippen LogP contribution < -0.4 is 5.32 Å². The third-order valence-electron chi connectivity index (χ3n) is 5.01. The summed E-state index contributed by atoms with van der Waals surface area (Å²) in [7, 11) is -4.01. The summed E-state index contributed by atoms with van der Waals surface area (Å²) in [6.45, 7) is 7.20. The van der Waals surface area contributed by atoms with Crippen molar-refractivity contribution >= 4 is 21.6 Å². The Kier molecular flexibility index (Phi) is 7.90. The van der Waals surface area contributed by atoms with Gasteiger partial charge in [0, 0.05) is 31.8 Å². The van der Waals surface area contributed by atoms with E-state index >= 15 is 0 Å². The molecule has 0 spiro atoms. The lowest BCUT2D eigenvalue weighted by Gasteiger charge is -2.33. The maximum Gasteiger partial charge on any atom is 0.270 e. The standard InChI is InChI=1S/C18H28N4O5S/c1-3-20(4-2)13-11-19-18(23)17-10-5-6-12-21(17)28(26,27)16-9-7-8-15(14-16)22(24)25/h7-9,14,17H,3-6,10-13H2,1-2H3,(H,19,23)/t17-/m1/s1. The third-order valence-corrected chi connectivity index (χ3v) is 6.92. The molecule has 0 saturated carbocycles. The fraction of sp³-hybridized carbons (Fsp3) is 0.611. The van der Waals surface area contributed by atoms with Gasteiger partial charge in [-0.15, -0.1) is 0 Å². The molecule has 1 N–H and O–H groups in total. The number of amides is 1. The minimum atomic E-state index is -4.01. The first-order valence-electron chi connectivity index (χ1n) is 9.57. The highest BCUT2D eigenvalue weighted by Gasteiger charge is 2.37. The van der Waals surface area contributed by atoms with E-state index in [1.54, 1.807) is 0 Å². The van der Waals surface area contributed by atoms with Crippen LogP contribution >= 0.6 is 0 Å². The van der Waals surface area contributed by atoms with Crippen LogP contribution in [0.1, 0.15) is 33.1 Å². The Hall–Kier alpha value is -2.04. The van der Waals surface area contributed by atoms with E-state index in [9.17, 15) is 23.3 Å². The molecule has 1 aliphatic heterocycles. The molecule has 0 bridgehead atoms. The lowest BCUT2D eigenvalue weighted by molar-refractivity contribution is -0.385. The smallest absolute Gasteiger partial charge is 0.270 e. The van der Waals surface area contributed by atoms with Crippen LogP contribution in [-0.4, -0.2) is 67.2 Å². The number of benzene rings is 1. The summed E-state index contributed by atoms with van der Waals surface area (Å²) in [5.74, 6) is -0.319. The molecule has 1 amide bonds. The fourth-order valence-corrected chi connectivity index (χ4v) is 5.04. The first-order chi connectivity index (χ1) is 13.3. The molecule has 1 aromatic rings. The number of nitro groups is 1. The van der Waals surface area contributed by atoms with Gasteiger partial charge in [0.25, 0.3) is 5.69 Å². The molecule has 156 valence electrons. The van der Waals surface area contributed by atoms with Crippen molar-refractivity contribution in [1.29, 1.82) is 0 Å². The van der Waals surface area contributed by atoms with Crippen LogP contribution in [0.25, 0.3) is 0 Å². The molecule has 10 heteroatoms. The van der Waals surface area contributed by atoms with E-state index in [1.165, 1.54) is 22.5 Å². The summed E-state index contributed by atoms with van der Waals surface area (Å²) in [6.07, 6.45) is 1.84. The zero-order valence-corrected chi connectivity index (χ0v) is 17.2. The van der Waals surface area contributed by atoms with Crippen molar-refractivity contribution in [2.75, 3.05) is 32.7 Å². The van der Waals surface area contributed by atoms with E-state index < -0.39 is 21.0 Å². The van der Waals surface area contributed by atoms with Crippen molar-refractivity contribution in [1.82, 2.24) is 14.5 Å². The second kappa shape index (κ2) is 9.94. The van der Waals surface area contributed by atoms with Crippen molar-refractivity contribution in [2.24, 2.45) is 0 Å². The van der Waals surface area contributed by atoms with E-state index in [1.807, 2.05) is 13.8 Å². The Morgan fingerprint density at radius 2 is 2.04 bits per heavy atom. The van der Waals surface area contributed by atoms with E-state index in [2.05, 4.69) is 10.2 Å². The predicted octanol–water partition coefficient (Wildman–Crippen LogP) is 1.60. The first-order valence-corrected chi connectivity index (χ1v) is 11.0. The van der Waals surface area contributed by atoms with Gasteiger partial charge in [0.2, 0.25) is 15.9 Å². The van der Waals surface area contributed by atoms with Crippen LogP contribution in [0.5, 0.6) is 0 Å². The number of hydrogen-bond acceptors (Lipinski definition) is 6. The third kappa shape index (κ3) is 5.27. The zero-order valence-electron chi connectivity index (χ0n) is 16.3. The summed E-state index contributed by atoms with van der Waals surface area (Å²) in [4.78, 5) is 25.0. The van der Waals surface area contributed by atoms with Crippen molar-refractivity contribution in [2.45, 2.75) is 44.0 Å². The Bertz CT molecular complexity index is 795. The van der Waals surface area contributed by atoms with Crippen LogP contribution in [-0.2, 0) is 14.8 Å². The quantitative estimate of drug-likeness (QED) is 0.487. The molecule has 0 aromatic heterocycles. The molecule has 1 aromatic carbocycles. The summed E-state index contributed by atoms with van der Waals surface area (Å²) in [5, 5.41) is 13.8. The summed E-state index contributed by atoms with van der Waals surface area (Å²) < 4.78 is 27.3. The van der Waals surface area contributed by atoms with Crippen LogP contribution in [0.3, 0.4) is 0 Å². The summed E-state index contributed by atoms with van der Waals surface area (Å²) >= 11 is 0. The lowest BCUT2D eigenvalue weighted by Crippen LogP contribution is -2.52. The van der Waals surface area contributed by atoms with Crippen molar-refractivity contribution < 1.29 is 18.1 Å². The summed E-state index contributed by atoms with van der Waals surface area (Å²) in [5.41, 5.74) is -0.293. The zero-order chi connectivity index (χ0) is 20.7. The van der Waals surface area contributed by atoms with Crippen LogP contribution in [0, 0.1) is 10.1 Å². The number of piperidine rings is 1. The maximum atomic E-state index is 13.1. The average Bonchev–Trinajstić information content (AvgIpc) is 2.71. The largest absolute Gasteiger partial charge is 0.353 e. The number of hydrogen-bond donors (Lipinski definition) is 1. The molecule has 1 saturated heterocycles. The maximum absolute atomic E-state index is 13.1. The number of nitrogens with one attached hydrogen (secondary N) is 1. The Labute approximate surface area is 165 Å². The SMILES string of the molecule is CCN(CC)CCNC(=O)[C@H]1CCCCN1S(=O)(=O)c1cccc([N+](=O)[O-])c1. The molecular weight excluding hydrogens is 384 g/mol. The topological polar surface area (TPSA) is 113 Å². The molecule has 1 atom stereocenters. The Morgan fingerprint density at radius 3 is 2.68 bits per heavy atom. The highest BCUT2D eigenvalue weighted by atomic mass is 32.2. The molecule has 1 heterocycles. The van der Waals surface area contributed by atoms with Crippen molar-refractivity contribution in [3.05, 3.63) is 34.4 Å². The van der Waals surface area contributed by atoms with Crippen molar-refractivity contribution in [3.8, 4) is 0 Å². The molecule has 0 radical (unpaired) electrons.